The lowest BCUT2D eigenvalue weighted by Crippen LogP contribution is -2.30. The van der Waals surface area contributed by atoms with Crippen molar-refractivity contribution < 1.29 is 19.4 Å². The molecule has 0 saturated carbocycles. The molecule has 1 saturated heterocycles. The molecule has 1 aliphatic rings. The third-order valence-electron chi connectivity index (χ3n) is 4.15. The van der Waals surface area contributed by atoms with Crippen LogP contribution in [0.1, 0.15) is 44.2 Å². The first-order valence-electron chi connectivity index (χ1n) is 8.12. The standard InChI is InChI=1S/C18H25NO4/c1-11(2)8-13-4-6-14(7-5-13)12(3)18(22)23-15-9-16(17(20)21)19-10-15/h4-7,11-12,15-16,19H,8-10H2,1-3H3,(H,20,21)/t12?,15?,16-/m0/s1. The number of nitrogens with one attached hydrogen (secondary N) is 1. The zero-order valence-electron chi connectivity index (χ0n) is 13.9. The summed E-state index contributed by atoms with van der Waals surface area (Å²) in [6.45, 7) is 6.56. The number of hydrogen-bond acceptors (Lipinski definition) is 4. The molecule has 0 spiro atoms. The second kappa shape index (κ2) is 7.59. The highest BCUT2D eigenvalue weighted by Crippen LogP contribution is 2.21. The summed E-state index contributed by atoms with van der Waals surface area (Å²) in [6, 6.07) is 7.42. The second-order valence-corrected chi connectivity index (χ2v) is 6.65. The molecular formula is C18H25NO4. The van der Waals surface area contributed by atoms with Crippen LogP contribution in [-0.2, 0) is 20.7 Å². The number of ether oxygens (including phenoxy) is 1. The second-order valence-electron chi connectivity index (χ2n) is 6.65. The lowest BCUT2D eigenvalue weighted by Gasteiger charge is -2.16. The van der Waals surface area contributed by atoms with Gasteiger partial charge in [-0.3, -0.25) is 9.59 Å². The van der Waals surface area contributed by atoms with E-state index in [-0.39, 0.29) is 18.0 Å². The number of aliphatic carboxylic acids is 1. The van der Waals surface area contributed by atoms with Gasteiger partial charge in [0.25, 0.3) is 0 Å². The van der Waals surface area contributed by atoms with Gasteiger partial charge in [0.2, 0.25) is 0 Å². The Kier molecular flexibility index (Phi) is 5.77. The Balaban J connectivity index is 1.91. The lowest BCUT2D eigenvalue weighted by atomic mass is 9.97. The van der Waals surface area contributed by atoms with Crippen LogP contribution in [0, 0.1) is 5.92 Å². The van der Waals surface area contributed by atoms with Gasteiger partial charge in [0, 0.05) is 13.0 Å². The van der Waals surface area contributed by atoms with Crippen LogP contribution in [0.3, 0.4) is 0 Å². The molecule has 0 aliphatic carbocycles. The molecule has 0 amide bonds. The lowest BCUT2D eigenvalue weighted by molar-refractivity contribution is -0.150. The number of carboxylic acid groups (broad SMARTS) is 1. The van der Waals surface area contributed by atoms with Crippen LogP contribution >= 0.6 is 0 Å². The van der Waals surface area contributed by atoms with Crippen LogP contribution in [0.15, 0.2) is 24.3 Å². The summed E-state index contributed by atoms with van der Waals surface area (Å²) in [6.07, 6.45) is 0.969. The third-order valence-corrected chi connectivity index (χ3v) is 4.15. The van der Waals surface area contributed by atoms with Gasteiger partial charge in [-0.1, -0.05) is 38.1 Å². The van der Waals surface area contributed by atoms with E-state index >= 15 is 0 Å². The fraction of sp³-hybridized carbons (Fsp3) is 0.556. The molecule has 1 fully saturated rings. The average molecular weight is 319 g/mol. The van der Waals surface area contributed by atoms with Gasteiger partial charge >= 0.3 is 11.9 Å². The molecule has 2 N–H and O–H groups in total. The highest BCUT2D eigenvalue weighted by molar-refractivity contribution is 5.78. The van der Waals surface area contributed by atoms with Crippen molar-refractivity contribution in [3.8, 4) is 0 Å². The van der Waals surface area contributed by atoms with Crippen molar-refractivity contribution >= 4 is 11.9 Å². The molecule has 5 nitrogen and oxygen atoms in total. The van der Waals surface area contributed by atoms with Crippen molar-refractivity contribution in [3.05, 3.63) is 35.4 Å². The summed E-state index contributed by atoms with van der Waals surface area (Å²) < 4.78 is 5.44. The Bertz CT molecular complexity index is 553. The Hall–Kier alpha value is -1.88. The number of benzene rings is 1. The topological polar surface area (TPSA) is 75.6 Å². The minimum Gasteiger partial charge on any atom is -0.480 e. The highest BCUT2D eigenvalue weighted by atomic mass is 16.5. The van der Waals surface area contributed by atoms with Gasteiger partial charge in [-0.2, -0.15) is 0 Å². The molecule has 1 aliphatic heterocycles. The van der Waals surface area contributed by atoms with Crippen LogP contribution in [0.5, 0.6) is 0 Å². The Morgan fingerprint density at radius 3 is 2.43 bits per heavy atom. The van der Waals surface area contributed by atoms with Crippen molar-refractivity contribution in [2.45, 2.75) is 51.7 Å². The van der Waals surface area contributed by atoms with E-state index in [1.165, 1.54) is 5.56 Å². The first-order valence-corrected chi connectivity index (χ1v) is 8.12. The maximum atomic E-state index is 12.2. The Labute approximate surface area is 137 Å². The third kappa shape index (κ3) is 4.79. The van der Waals surface area contributed by atoms with Crippen LogP contribution in [-0.4, -0.2) is 35.7 Å². The minimum atomic E-state index is -0.905. The smallest absolute Gasteiger partial charge is 0.320 e. The summed E-state index contributed by atoms with van der Waals surface area (Å²) in [4.78, 5) is 23.1. The number of carbonyl (C=O) groups is 2. The molecule has 2 rings (SSSR count). The number of carbonyl (C=O) groups excluding carboxylic acids is 1. The molecule has 3 atom stereocenters. The molecule has 126 valence electrons. The highest BCUT2D eigenvalue weighted by Gasteiger charge is 2.32. The molecule has 0 bridgehead atoms. The Morgan fingerprint density at radius 2 is 1.91 bits per heavy atom. The fourth-order valence-electron chi connectivity index (χ4n) is 2.80. The monoisotopic (exact) mass is 319 g/mol. The van der Waals surface area contributed by atoms with E-state index in [4.69, 9.17) is 9.84 Å². The first-order chi connectivity index (χ1) is 10.9. The predicted molar refractivity (Wildman–Crippen MR) is 87.3 cm³/mol. The first kappa shape index (κ1) is 17.5. The van der Waals surface area contributed by atoms with Crippen LogP contribution in [0.4, 0.5) is 0 Å². The summed E-state index contributed by atoms with van der Waals surface area (Å²) in [5, 5.41) is 11.8. The zero-order valence-corrected chi connectivity index (χ0v) is 13.9. The maximum Gasteiger partial charge on any atom is 0.320 e. The summed E-state index contributed by atoms with van der Waals surface area (Å²) >= 11 is 0. The van der Waals surface area contributed by atoms with Gasteiger partial charge in [0.05, 0.1) is 5.92 Å². The van der Waals surface area contributed by atoms with E-state index in [1.54, 1.807) is 0 Å². The number of esters is 1. The van der Waals surface area contributed by atoms with Gasteiger partial charge in [0.15, 0.2) is 0 Å². The molecule has 2 unspecified atom stereocenters. The summed E-state index contributed by atoms with van der Waals surface area (Å²) in [7, 11) is 0. The molecule has 1 aromatic rings. The summed E-state index contributed by atoms with van der Waals surface area (Å²) in [5.74, 6) is -0.968. The van der Waals surface area contributed by atoms with Gasteiger partial charge in [-0.25, -0.2) is 0 Å². The predicted octanol–water partition coefficient (Wildman–Crippen LogP) is 2.35. The number of hydrogen-bond donors (Lipinski definition) is 2. The van der Waals surface area contributed by atoms with Crippen molar-refractivity contribution in [1.29, 1.82) is 0 Å². The maximum absolute atomic E-state index is 12.2. The molecule has 23 heavy (non-hydrogen) atoms. The van der Waals surface area contributed by atoms with Crippen LogP contribution < -0.4 is 5.32 Å². The van der Waals surface area contributed by atoms with Crippen LogP contribution in [0.2, 0.25) is 0 Å². The van der Waals surface area contributed by atoms with Crippen molar-refractivity contribution in [1.82, 2.24) is 5.32 Å². The van der Waals surface area contributed by atoms with Gasteiger partial charge in [0.1, 0.15) is 12.1 Å². The van der Waals surface area contributed by atoms with E-state index in [0.717, 1.165) is 12.0 Å². The normalized spacial score (nSPS) is 22.1. The number of rotatable bonds is 6. The SMILES string of the molecule is CC(C)Cc1ccc(C(C)C(=O)OC2CN[C@H](C(=O)O)C2)cc1. The zero-order chi connectivity index (χ0) is 17.0. The minimum absolute atomic E-state index is 0.306. The fourth-order valence-corrected chi connectivity index (χ4v) is 2.80. The molecular weight excluding hydrogens is 294 g/mol. The molecule has 5 heteroatoms. The summed E-state index contributed by atoms with van der Waals surface area (Å²) in [5.41, 5.74) is 2.18. The van der Waals surface area contributed by atoms with Gasteiger partial charge < -0.3 is 15.2 Å². The van der Waals surface area contributed by atoms with E-state index in [2.05, 4.69) is 31.3 Å². The van der Waals surface area contributed by atoms with Gasteiger partial charge in [-0.15, -0.1) is 0 Å². The quantitative estimate of drug-likeness (QED) is 0.787. The Morgan fingerprint density at radius 1 is 1.26 bits per heavy atom. The largest absolute Gasteiger partial charge is 0.480 e. The number of carboxylic acids is 1. The van der Waals surface area contributed by atoms with Crippen LogP contribution in [0.25, 0.3) is 0 Å². The van der Waals surface area contributed by atoms with E-state index in [1.807, 2.05) is 19.1 Å². The van der Waals surface area contributed by atoms with Crippen molar-refractivity contribution in [2.75, 3.05) is 6.54 Å². The van der Waals surface area contributed by atoms with Gasteiger partial charge in [-0.05, 0) is 30.4 Å². The molecule has 1 aromatic carbocycles. The van der Waals surface area contributed by atoms with Crippen molar-refractivity contribution in [2.24, 2.45) is 5.92 Å². The van der Waals surface area contributed by atoms with E-state index in [9.17, 15) is 9.59 Å². The van der Waals surface area contributed by atoms with E-state index in [0.29, 0.717) is 18.9 Å². The average Bonchev–Trinajstić information content (AvgIpc) is 2.95. The van der Waals surface area contributed by atoms with E-state index < -0.39 is 12.0 Å². The molecule has 0 aromatic heterocycles. The molecule has 0 radical (unpaired) electrons. The van der Waals surface area contributed by atoms with Crippen molar-refractivity contribution in [3.63, 3.8) is 0 Å². The molecule has 1 heterocycles.